The van der Waals surface area contributed by atoms with Gasteiger partial charge in [0, 0.05) is 18.4 Å². The Balaban J connectivity index is 2.07. The van der Waals surface area contributed by atoms with Crippen LogP contribution in [0, 0.1) is 5.92 Å². The molecule has 2 rings (SSSR count). The van der Waals surface area contributed by atoms with Crippen LogP contribution in [0.1, 0.15) is 38.4 Å². The lowest BCUT2D eigenvalue weighted by atomic mass is 9.91. The molecule has 0 bridgehead atoms. The highest BCUT2D eigenvalue weighted by molar-refractivity contribution is 6.18. The van der Waals surface area contributed by atoms with Crippen LogP contribution in [0.4, 0.5) is 0 Å². The highest BCUT2D eigenvalue weighted by Gasteiger charge is 2.26. The molecular formula is C15H21ClO2. The van der Waals surface area contributed by atoms with Gasteiger partial charge in [0.05, 0.1) is 12.2 Å². The van der Waals surface area contributed by atoms with E-state index in [0.717, 1.165) is 25.2 Å². The summed E-state index contributed by atoms with van der Waals surface area (Å²) in [5, 5.41) is 0. The van der Waals surface area contributed by atoms with E-state index in [1.165, 1.54) is 5.56 Å². The fraction of sp³-hybridized carbons (Fsp3) is 0.600. The molecule has 18 heavy (non-hydrogen) atoms. The highest BCUT2D eigenvalue weighted by Crippen LogP contribution is 2.34. The standard InChI is InChI=1S/C15H21ClO2/c1-11(2)18-14-7-5-12(6-8-14)15-13(10-16)4-3-9-17-15/h5-8,11,13,15H,3-4,9-10H2,1-2H3. The molecule has 1 aromatic carbocycles. The fourth-order valence-electron chi connectivity index (χ4n) is 2.38. The molecule has 3 heteroatoms. The minimum Gasteiger partial charge on any atom is -0.491 e. The van der Waals surface area contributed by atoms with Crippen molar-refractivity contribution in [3.8, 4) is 5.75 Å². The Labute approximate surface area is 114 Å². The first-order chi connectivity index (χ1) is 8.70. The van der Waals surface area contributed by atoms with Crippen LogP contribution in [0.25, 0.3) is 0 Å². The molecular weight excluding hydrogens is 248 g/mol. The lowest BCUT2D eigenvalue weighted by molar-refractivity contribution is -0.0208. The average Bonchev–Trinajstić information content (AvgIpc) is 2.39. The van der Waals surface area contributed by atoms with Crippen molar-refractivity contribution in [2.75, 3.05) is 12.5 Å². The van der Waals surface area contributed by atoms with Crippen molar-refractivity contribution in [1.82, 2.24) is 0 Å². The van der Waals surface area contributed by atoms with Gasteiger partial charge >= 0.3 is 0 Å². The summed E-state index contributed by atoms with van der Waals surface area (Å²) in [4.78, 5) is 0. The van der Waals surface area contributed by atoms with Gasteiger partial charge < -0.3 is 9.47 Å². The van der Waals surface area contributed by atoms with Gasteiger partial charge in [0.2, 0.25) is 0 Å². The zero-order valence-corrected chi connectivity index (χ0v) is 11.8. The third-order valence-electron chi connectivity index (χ3n) is 3.22. The monoisotopic (exact) mass is 268 g/mol. The molecule has 1 heterocycles. The zero-order chi connectivity index (χ0) is 13.0. The number of alkyl halides is 1. The van der Waals surface area contributed by atoms with Crippen LogP contribution in [0.5, 0.6) is 5.75 Å². The summed E-state index contributed by atoms with van der Waals surface area (Å²) < 4.78 is 11.5. The molecule has 1 fully saturated rings. The first kappa shape index (κ1) is 13.7. The van der Waals surface area contributed by atoms with Crippen LogP contribution in [-0.4, -0.2) is 18.6 Å². The lowest BCUT2D eigenvalue weighted by Crippen LogP contribution is -2.23. The minimum absolute atomic E-state index is 0.143. The van der Waals surface area contributed by atoms with E-state index >= 15 is 0 Å². The molecule has 0 aliphatic carbocycles. The third kappa shape index (κ3) is 3.39. The van der Waals surface area contributed by atoms with E-state index in [9.17, 15) is 0 Å². The molecule has 0 spiro atoms. The van der Waals surface area contributed by atoms with Gasteiger partial charge in [-0.25, -0.2) is 0 Å². The Morgan fingerprint density at radius 1 is 1.33 bits per heavy atom. The summed E-state index contributed by atoms with van der Waals surface area (Å²) in [7, 11) is 0. The number of ether oxygens (including phenoxy) is 2. The molecule has 2 nitrogen and oxygen atoms in total. The molecule has 0 radical (unpaired) electrons. The van der Waals surface area contributed by atoms with Crippen LogP contribution < -0.4 is 4.74 Å². The first-order valence-electron chi connectivity index (χ1n) is 6.65. The van der Waals surface area contributed by atoms with E-state index < -0.39 is 0 Å². The second kappa shape index (κ2) is 6.44. The number of hydrogen-bond donors (Lipinski definition) is 0. The van der Waals surface area contributed by atoms with Crippen LogP contribution in [0.2, 0.25) is 0 Å². The lowest BCUT2D eigenvalue weighted by Gasteiger charge is -2.30. The summed E-state index contributed by atoms with van der Waals surface area (Å²) in [5.41, 5.74) is 1.21. The van der Waals surface area contributed by atoms with Crippen molar-refractivity contribution >= 4 is 11.6 Å². The second-order valence-corrected chi connectivity index (χ2v) is 5.39. The summed E-state index contributed by atoms with van der Waals surface area (Å²) in [6.45, 7) is 4.89. The average molecular weight is 269 g/mol. The van der Waals surface area contributed by atoms with E-state index in [0.29, 0.717) is 11.8 Å². The zero-order valence-electron chi connectivity index (χ0n) is 11.1. The van der Waals surface area contributed by atoms with Gasteiger partial charge in [0.25, 0.3) is 0 Å². The van der Waals surface area contributed by atoms with Crippen LogP contribution in [-0.2, 0) is 4.74 Å². The van der Waals surface area contributed by atoms with Crippen molar-refractivity contribution in [1.29, 1.82) is 0 Å². The fourth-order valence-corrected chi connectivity index (χ4v) is 2.69. The maximum Gasteiger partial charge on any atom is 0.119 e. The summed E-state index contributed by atoms with van der Waals surface area (Å²) in [6.07, 6.45) is 2.61. The van der Waals surface area contributed by atoms with Gasteiger partial charge in [-0.15, -0.1) is 11.6 Å². The van der Waals surface area contributed by atoms with Gasteiger partial charge in [-0.1, -0.05) is 12.1 Å². The Bertz CT molecular complexity index is 361. The van der Waals surface area contributed by atoms with Crippen LogP contribution in [0.15, 0.2) is 24.3 Å². The second-order valence-electron chi connectivity index (χ2n) is 5.08. The number of benzene rings is 1. The van der Waals surface area contributed by atoms with Gasteiger partial charge in [-0.05, 0) is 44.4 Å². The number of halogens is 1. The van der Waals surface area contributed by atoms with Crippen molar-refractivity contribution < 1.29 is 9.47 Å². The van der Waals surface area contributed by atoms with Gasteiger partial charge in [0.1, 0.15) is 5.75 Å². The van der Waals surface area contributed by atoms with Crippen LogP contribution in [0.3, 0.4) is 0 Å². The Morgan fingerprint density at radius 2 is 2.06 bits per heavy atom. The normalized spacial score (nSPS) is 24.2. The van der Waals surface area contributed by atoms with E-state index in [2.05, 4.69) is 12.1 Å². The van der Waals surface area contributed by atoms with E-state index in [4.69, 9.17) is 21.1 Å². The number of hydrogen-bond acceptors (Lipinski definition) is 2. The molecule has 1 aliphatic rings. The molecule has 1 aliphatic heterocycles. The van der Waals surface area contributed by atoms with Crippen molar-refractivity contribution in [3.63, 3.8) is 0 Å². The molecule has 2 unspecified atom stereocenters. The highest BCUT2D eigenvalue weighted by atomic mass is 35.5. The van der Waals surface area contributed by atoms with Crippen molar-refractivity contribution in [2.45, 2.75) is 38.9 Å². The maximum absolute atomic E-state index is 6.02. The van der Waals surface area contributed by atoms with Crippen molar-refractivity contribution in [2.24, 2.45) is 5.92 Å². The molecule has 0 aromatic heterocycles. The van der Waals surface area contributed by atoms with Gasteiger partial charge in [0.15, 0.2) is 0 Å². The molecule has 1 saturated heterocycles. The van der Waals surface area contributed by atoms with Gasteiger partial charge in [-0.2, -0.15) is 0 Å². The number of rotatable bonds is 4. The molecule has 100 valence electrons. The predicted molar refractivity (Wildman–Crippen MR) is 74.3 cm³/mol. The quantitative estimate of drug-likeness (QED) is 0.763. The summed E-state index contributed by atoms with van der Waals surface area (Å²) >= 11 is 6.02. The topological polar surface area (TPSA) is 18.5 Å². The molecule has 0 N–H and O–H groups in total. The summed E-state index contributed by atoms with van der Waals surface area (Å²) in [6, 6.07) is 8.21. The van der Waals surface area contributed by atoms with E-state index in [1.54, 1.807) is 0 Å². The maximum atomic E-state index is 6.02. The smallest absolute Gasteiger partial charge is 0.119 e. The Hall–Kier alpha value is -0.730. The first-order valence-corrected chi connectivity index (χ1v) is 7.18. The van der Waals surface area contributed by atoms with E-state index in [-0.39, 0.29) is 12.2 Å². The van der Waals surface area contributed by atoms with Gasteiger partial charge in [-0.3, -0.25) is 0 Å². The molecule has 1 aromatic rings. The van der Waals surface area contributed by atoms with Crippen molar-refractivity contribution in [3.05, 3.63) is 29.8 Å². The Kier molecular flexibility index (Phi) is 4.90. The van der Waals surface area contributed by atoms with Crippen LogP contribution >= 0.6 is 11.6 Å². The Morgan fingerprint density at radius 3 is 2.67 bits per heavy atom. The molecule has 0 amide bonds. The summed E-state index contributed by atoms with van der Waals surface area (Å²) in [5.74, 6) is 2.00. The predicted octanol–water partition coefficient (Wildman–Crippen LogP) is 4.18. The molecule has 2 atom stereocenters. The molecule has 0 saturated carbocycles. The van der Waals surface area contributed by atoms with E-state index in [1.807, 2.05) is 26.0 Å². The third-order valence-corrected chi connectivity index (χ3v) is 3.62. The largest absolute Gasteiger partial charge is 0.491 e. The minimum atomic E-state index is 0.143. The SMILES string of the molecule is CC(C)Oc1ccc(C2OCCCC2CCl)cc1.